The van der Waals surface area contributed by atoms with Crippen LogP contribution in [-0.4, -0.2) is 31.0 Å². The standard InChI is InChI=1S/C7H14F3NO/c1-5(7(8,9)10)3-6(12)4-11-2/h5-6,11-12H,3-4H2,1-2H3. The number of likely N-dealkylation sites (N-methyl/N-ethyl adjacent to an activating group) is 1. The second-order valence-electron chi connectivity index (χ2n) is 2.89. The molecule has 0 bridgehead atoms. The van der Waals surface area contributed by atoms with Gasteiger partial charge in [0.15, 0.2) is 0 Å². The minimum Gasteiger partial charge on any atom is -0.392 e. The Kier molecular flexibility index (Phi) is 4.55. The second kappa shape index (κ2) is 4.67. The summed E-state index contributed by atoms with van der Waals surface area (Å²) in [4.78, 5) is 0. The molecular formula is C7H14F3NO. The average molecular weight is 185 g/mol. The van der Waals surface area contributed by atoms with Crippen molar-refractivity contribution < 1.29 is 18.3 Å². The molecule has 0 aliphatic heterocycles. The van der Waals surface area contributed by atoms with E-state index in [1.54, 1.807) is 7.05 Å². The molecule has 2 nitrogen and oxygen atoms in total. The van der Waals surface area contributed by atoms with Gasteiger partial charge in [-0.05, 0) is 13.5 Å². The molecule has 12 heavy (non-hydrogen) atoms. The lowest BCUT2D eigenvalue weighted by Crippen LogP contribution is -2.30. The summed E-state index contributed by atoms with van der Waals surface area (Å²) in [5.74, 6) is -1.44. The van der Waals surface area contributed by atoms with Crippen LogP contribution < -0.4 is 5.32 Å². The van der Waals surface area contributed by atoms with Gasteiger partial charge in [-0.1, -0.05) is 6.92 Å². The van der Waals surface area contributed by atoms with Crippen LogP contribution in [0.3, 0.4) is 0 Å². The zero-order chi connectivity index (χ0) is 9.78. The molecule has 0 saturated heterocycles. The van der Waals surface area contributed by atoms with Gasteiger partial charge in [0, 0.05) is 6.54 Å². The minimum atomic E-state index is -4.20. The maximum Gasteiger partial charge on any atom is 0.391 e. The minimum absolute atomic E-state index is 0.195. The Hall–Kier alpha value is -0.290. The number of hydrogen-bond acceptors (Lipinski definition) is 2. The largest absolute Gasteiger partial charge is 0.392 e. The summed E-state index contributed by atoms with van der Waals surface area (Å²) in [5, 5.41) is 11.6. The number of aliphatic hydroxyl groups is 1. The van der Waals surface area contributed by atoms with Crippen LogP contribution >= 0.6 is 0 Å². The first-order valence-electron chi connectivity index (χ1n) is 3.77. The Morgan fingerprint density at radius 3 is 2.25 bits per heavy atom. The molecule has 0 aliphatic rings. The summed E-state index contributed by atoms with van der Waals surface area (Å²) >= 11 is 0. The normalized spacial score (nSPS) is 17.5. The number of nitrogens with one attached hydrogen (secondary N) is 1. The molecule has 0 heterocycles. The number of alkyl halides is 3. The molecule has 0 spiro atoms. The molecule has 0 radical (unpaired) electrons. The molecule has 0 amide bonds. The van der Waals surface area contributed by atoms with Crippen molar-refractivity contribution in [3.8, 4) is 0 Å². The number of hydrogen-bond donors (Lipinski definition) is 2. The van der Waals surface area contributed by atoms with Crippen molar-refractivity contribution >= 4 is 0 Å². The van der Waals surface area contributed by atoms with E-state index in [2.05, 4.69) is 5.32 Å². The Morgan fingerprint density at radius 2 is 1.92 bits per heavy atom. The van der Waals surface area contributed by atoms with Crippen LogP contribution in [-0.2, 0) is 0 Å². The Balaban J connectivity index is 3.76. The van der Waals surface area contributed by atoms with Crippen molar-refractivity contribution in [2.24, 2.45) is 5.92 Å². The summed E-state index contributed by atoms with van der Waals surface area (Å²) < 4.78 is 35.8. The van der Waals surface area contributed by atoms with Crippen LogP contribution in [0.2, 0.25) is 0 Å². The molecule has 2 N–H and O–H groups in total. The SMILES string of the molecule is CNCC(O)CC(C)C(F)(F)F. The van der Waals surface area contributed by atoms with Gasteiger partial charge in [-0.2, -0.15) is 13.2 Å². The van der Waals surface area contributed by atoms with E-state index in [1.807, 2.05) is 0 Å². The van der Waals surface area contributed by atoms with Crippen LogP contribution in [0, 0.1) is 5.92 Å². The Bertz CT molecular complexity index is 126. The molecule has 0 aliphatic carbocycles. The number of aliphatic hydroxyl groups excluding tert-OH is 1. The molecule has 0 fully saturated rings. The smallest absolute Gasteiger partial charge is 0.391 e. The van der Waals surface area contributed by atoms with Gasteiger partial charge in [0.25, 0.3) is 0 Å². The molecule has 2 unspecified atom stereocenters. The van der Waals surface area contributed by atoms with Crippen LogP contribution in [0.4, 0.5) is 13.2 Å². The van der Waals surface area contributed by atoms with E-state index < -0.39 is 18.2 Å². The molecule has 74 valence electrons. The van der Waals surface area contributed by atoms with Gasteiger partial charge in [-0.3, -0.25) is 0 Å². The summed E-state index contributed by atoms with van der Waals surface area (Å²) in [6.45, 7) is 1.26. The highest BCUT2D eigenvalue weighted by atomic mass is 19.4. The van der Waals surface area contributed by atoms with Gasteiger partial charge in [-0.25, -0.2) is 0 Å². The summed E-state index contributed by atoms with van der Waals surface area (Å²) in [6, 6.07) is 0. The molecule has 0 rings (SSSR count). The number of halogens is 3. The van der Waals surface area contributed by atoms with Crippen molar-refractivity contribution in [3.05, 3.63) is 0 Å². The molecule has 0 aromatic carbocycles. The fourth-order valence-electron chi connectivity index (χ4n) is 0.861. The third kappa shape index (κ3) is 4.56. The van der Waals surface area contributed by atoms with Crippen LogP contribution in [0.25, 0.3) is 0 Å². The van der Waals surface area contributed by atoms with Crippen molar-refractivity contribution in [3.63, 3.8) is 0 Å². The molecule has 0 aromatic heterocycles. The van der Waals surface area contributed by atoms with Crippen LogP contribution in [0.1, 0.15) is 13.3 Å². The lowest BCUT2D eigenvalue weighted by molar-refractivity contribution is -0.176. The monoisotopic (exact) mass is 185 g/mol. The van der Waals surface area contributed by atoms with Crippen molar-refractivity contribution in [2.75, 3.05) is 13.6 Å². The first kappa shape index (κ1) is 11.7. The van der Waals surface area contributed by atoms with E-state index in [9.17, 15) is 13.2 Å². The fourth-order valence-corrected chi connectivity index (χ4v) is 0.861. The van der Waals surface area contributed by atoms with Gasteiger partial charge >= 0.3 is 6.18 Å². The third-order valence-corrected chi connectivity index (χ3v) is 1.62. The topological polar surface area (TPSA) is 32.3 Å². The molecular weight excluding hydrogens is 171 g/mol. The van der Waals surface area contributed by atoms with E-state index in [1.165, 1.54) is 0 Å². The maximum atomic E-state index is 11.9. The van der Waals surface area contributed by atoms with E-state index in [-0.39, 0.29) is 13.0 Å². The first-order valence-corrected chi connectivity index (χ1v) is 3.77. The van der Waals surface area contributed by atoms with Crippen LogP contribution in [0.5, 0.6) is 0 Å². The van der Waals surface area contributed by atoms with Crippen molar-refractivity contribution in [1.29, 1.82) is 0 Å². The average Bonchev–Trinajstić information content (AvgIpc) is 1.85. The van der Waals surface area contributed by atoms with Gasteiger partial charge in [0.1, 0.15) is 0 Å². The second-order valence-corrected chi connectivity index (χ2v) is 2.89. The van der Waals surface area contributed by atoms with E-state index in [0.29, 0.717) is 0 Å². The molecule has 0 aromatic rings. The van der Waals surface area contributed by atoms with E-state index in [4.69, 9.17) is 5.11 Å². The molecule has 5 heteroatoms. The highest BCUT2D eigenvalue weighted by molar-refractivity contribution is 4.68. The predicted octanol–water partition coefficient (Wildman–Crippen LogP) is 1.16. The Morgan fingerprint density at radius 1 is 1.42 bits per heavy atom. The predicted molar refractivity (Wildman–Crippen MR) is 39.8 cm³/mol. The highest BCUT2D eigenvalue weighted by Crippen LogP contribution is 2.28. The van der Waals surface area contributed by atoms with E-state index in [0.717, 1.165) is 6.92 Å². The van der Waals surface area contributed by atoms with E-state index >= 15 is 0 Å². The van der Waals surface area contributed by atoms with Gasteiger partial charge in [0.2, 0.25) is 0 Å². The zero-order valence-electron chi connectivity index (χ0n) is 7.15. The third-order valence-electron chi connectivity index (χ3n) is 1.62. The lowest BCUT2D eigenvalue weighted by Gasteiger charge is -2.18. The van der Waals surface area contributed by atoms with Crippen LogP contribution in [0.15, 0.2) is 0 Å². The Labute approximate surface area is 69.8 Å². The van der Waals surface area contributed by atoms with Gasteiger partial charge in [0.05, 0.1) is 12.0 Å². The zero-order valence-corrected chi connectivity index (χ0v) is 7.15. The van der Waals surface area contributed by atoms with Gasteiger partial charge in [-0.15, -0.1) is 0 Å². The lowest BCUT2D eigenvalue weighted by atomic mass is 10.0. The quantitative estimate of drug-likeness (QED) is 0.688. The maximum absolute atomic E-state index is 11.9. The number of rotatable bonds is 4. The highest BCUT2D eigenvalue weighted by Gasteiger charge is 2.36. The van der Waals surface area contributed by atoms with Gasteiger partial charge < -0.3 is 10.4 Å². The van der Waals surface area contributed by atoms with Crippen molar-refractivity contribution in [2.45, 2.75) is 25.6 Å². The molecule has 0 saturated carbocycles. The van der Waals surface area contributed by atoms with Crippen molar-refractivity contribution in [1.82, 2.24) is 5.32 Å². The fraction of sp³-hybridized carbons (Fsp3) is 1.00. The summed E-state index contributed by atoms with van der Waals surface area (Å²) in [6.07, 6.45) is -5.37. The summed E-state index contributed by atoms with van der Waals surface area (Å²) in [7, 11) is 1.58. The first-order chi connectivity index (χ1) is 5.38. The molecule has 2 atom stereocenters. The summed E-state index contributed by atoms with van der Waals surface area (Å²) in [5.41, 5.74) is 0.